The predicted octanol–water partition coefficient (Wildman–Crippen LogP) is 3.38. The highest BCUT2D eigenvalue weighted by molar-refractivity contribution is 6.00. The van der Waals surface area contributed by atoms with Gasteiger partial charge >= 0.3 is 0 Å². The number of rotatable bonds is 4. The fourth-order valence-electron chi connectivity index (χ4n) is 3.22. The molecule has 5 heteroatoms. The van der Waals surface area contributed by atoms with Crippen molar-refractivity contribution in [3.8, 4) is 11.1 Å². The van der Waals surface area contributed by atoms with Crippen LogP contribution in [0.15, 0.2) is 54.7 Å². The summed E-state index contributed by atoms with van der Waals surface area (Å²) >= 11 is 0. The third-order valence-corrected chi connectivity index (χ3v) is 5.01. The van der Waals surface area contributed by atoms with Gasteiger partial charge in [-0.25, -0.2) is 4.39 Å². The molecule has 132 valence electrons. The minimum atomic E-state index is -0.267. The maximum atomic E-state index is 13.2. The van der Waals surface area contributed by atoms with Crippen molar-refractivity contribution in [2.45, 2.75) is 13.0 Å². The summed E-state index contributed by atoms with van der Waals surface area (Å²) in [5.41, 5.74) is 3.16. The summed E-state index contributed by atoms with van der Waals surface area (Å²) in [6, 6.07) is 14.1. The Balaban J connectivity index is 1.63. The number of nitrogens with one attached hydrogen (secondary N) is 2. The zero-order valence-electron chi connectivity index (χ0n) is 14.5. The highest BCUT2D eigenvalue weighted by Gasteiger charge is 2.25. The first-order chi connectivity index (χ1) is 12.6. The fraction of sp³-hybridized carbons (Fsp3) is 0.238. The molecule has 1 aromatic heterocycles. The van der Waals surface area contributed by atoms with Crippen LogP contribution in [0.3, 0.4) is 0 Å². The standard InChI is InChI=1S/C21H20FN3O/c1-13(17-10-23-11-17)25-21(26)16-9-15-3-2-4-19(20(15)24-12-16)14-5-7-18(22)8-6-14/h2-9,12-13,17,23H,10-11H2,1H3,(H,25,26). The Morgan fingerprint density at radius 2 is 2.00 bits per heavy atom. The van der Waals surface area contributed by atoms with E-state index in [-0.39, 0.29) is 17.8 Å². The molecule has 0 aliphatic carbocycles. The van der Waals surface area contributed by atoms with Crippen molar-refractivity contribution in [1.29, 1.82) is 0 Å². The fourth-order valence-corrected chi connectivity index (χ4v) is 3.22. The molecule has 0 spiro atoms. The minimum absolute atomic E-state index is 0.106. The average molecular weight is 349 g/mol. The first-order valence-corrected chi connectivity index (χ1v) is 8.78. The lowest BCUT2D eigenvalue weighted by molar-refractivity contribution is 0.0916. The second-order valence-electron chi connectivity index (χ2n) is 6.79. The van der Waals surface area contributed by atoms with Gasteiger partial charge in [0.2, 0.25) is 0 Å². The summed E-state index contributed by atoms with van der Waals surface area (Å²) in [6.07, 6.45) is 1.61. The van der Waals surface area contributed by atoms with Gasteiger partial charge in [0.25, 0.3) is 5.91 Å². The van der Waals surface area contributed by atoms with Crippen LogP contribution in [0.25, 0.3) is 22.0 Å². The summed E-state index contributed by atoms with van der Waals surface area (Å²) in [7, 11) is 0. The molecule has 3 aromatic rings. The van der Waals surface area contributed by atoms with E-state index in [4.69, 9.17) is 0 Å². The maximum absolute atomic E-state index is 13.2. The molecule has 4 rings (SSSR count). The van der Waals surface area contributed by atoms with E-state index in [9.17, 15) is 9.18 Å². The van der Waals surface area contributed by atoms with Crippen molar-refractivity contribution in [2.24, 2.45) is 5.92 Å². The molecule has 1 aliphatic heterocycles. The van der Waals surface area contributed by atoms with Gasteiger partial charge < -0.3 is 10.6 Å². The van der Waals surface area contributed by atoms with Crippen LogP contribution in [0.5, 0.6) is 0 Å². The molecule has 1 aliphatic rings. The molecule has 1 amide bonds. The Hall–Kier alpha value is -2.79. The van der Waals surface area contributed by atoms with Crippen molar-refractivity contribution >= 4 is 16.8 Å². The van der Waals surface area contributed by atoms with Gasteiger partial charge in [0.15, 0.2) is 0 Å². The van der Waals surface area contributed by atoms with E-state index in [1.165, 1.54) is 12.1 Å². The number of amides is 1. The van der Waals surface area contributed by atoms with E-state index >= 15 is 0 Å². The Kier molecular flexibility index (Phi) is 4.39. The number of nitrogens with zero attached hydrogens (tertiary/aromatic N) is 1. The summed E-state index contributed by atoms with van der Waals surface area (Å²) in [5, 5.41) is 7.16. The minimum Gasteiger partial charge on any atom is -0.349 e. The second kappa shape index (κ2) is 6.84. The Morgan fingerprint density at radius 1 is 1.23 bits per heavy atom. The molecule has 1 atom stereocenters. The van der Waals surface area contributed by atoms with Crippen LogP contribution < -0.4 is 10.6 Å². The summed E-state index contributed by atoms with van der Waals surface area (Å²) in [4.78, 5) is 17.0. The van der Waals surface area contributed by atoms with Gasteiger partial charge in [-0.2, -0.15) is 0 Å². The number of para-hydroxylation sites is 1. The van der Waals surface area contributed by atoms with Crippen LogP contribution in [0, 0.1) is 11.7 Å². The molecule has 2 N–H and O–H groups in total. The molecular weight excluding hydrogens is 329 g/mol. The number of aromatic nitrogens is 1. The van der Waals surface area contributed by atoms with Gasteiger partial charge in [0.05, 0.1) is 11.1 Å². The van der Waals surface area contributed by atoms with E-state index in [1.807, 2.05) is 31.2 Å². The molecule has 4 nitrogen and oxygen atoms in total. The molecule has 0 bridgehead atoms. The Morgan fingerprint density at radius 3 is 2.69 bits per heavy atom. The number of halogens is 1. The van der Waals surface area contributed by atoms with E-state index < -0.39 is 0 Å². The molecule has 1 unspecified atom stereocenters. The van der Waals surface area contributed by atoms with E-state index in [0.717, 1.165) is 35.1 Å². The lowest BCUT2D eigenvalue weighted by Gasteiger charge is -2.33. The number of carbonyl (C=O) groups excluding carboxylic acids is 1. The first-order valence-electron chi connectivity index (χ1n) is 8.78. The highest BCUT2D eigenvalue weighted by Crippen LogP contribution is 2.27. The molecule has 1 fully saturated rings. The third kappa shape index (κ3) is 3.18. The van der Waals surface area contributed by atoms with Crippen LogP contribution >= 0.6 is 0 Å². The molecule has 26 heavy (non-hydrogen) atoms. The summed E-state index contributed by atoms with van der Waals surface area (Å²) in [5.74, 6) is 0.111. The smallest absolute Gasteiger partial charge is 0.253 e. The van der Waals surface area contributed by atoms with Gasteiger partial charge in [-0.15, -0.1) is 0 Å². The second-order valence-corrected chi connectivity index (χ2v) is 6.79. The maximum Gasteiger partial charge on any atom is 0.253 e. The number of pyridine rings is 1. The quantitative estimate of drug-likeness (QED) is 0.759. The van der Waals surface area contributed by atoms with Crippen molar-refractivity contribution in [2.75, 3.05) is 13.1 Å². The highest BCUT2D eigenvalue weighted by atomic mass is 19.1. The molecular formula is C21H20FN3O. The number of benzene rings is 2. The zero-order valence-corrected chi connectivity index (χ0v) is 14.5. The van der Waals surface area contributed by atoms with Crippen LogP contribution in [-0.4, -0.2) is 30.0 Å². The number of carbonyl (C=O) groups is 1. The zero-order chi connectivity index (χ0) is 18.1. The van der Waals surface area contributed by atoms with Gasteiger partial charge in [0.1, 0.15) is 5.82 Å². The van der Waals surface area contributed by atoms with Crippen molar-refractivity contribution in [3.05, 3.63) is 66.1 Å². The first kappa shape index (κ1) is 16.7. The number of hydrogen-bond donors (Lipinski definition) is 2. The molecule has 2 heterocycles. The van der Waals surface area contributed by atoms with E-state index in [2.05, 4.69) is 15.6 Å². The van der Waals surface area contributed by atoms with Crippen molar-refractivity contribution in [1.82, 2.24) is 15.6 Å². The SMILES string of the molecule is CC(NC(=O)c1cnc2c(-c3ccc(F)cc3)cccc2c1)C1CNC1. The molecule has 0 radical (unpaired) electrons. The Labute approximate surface area is 151 Å². The average Bonchev–Trinajstić information content (AvgIpc) is 2.60. The number of hydrogen-bond acceptors (Lipinski definition) is 3. The Bertz CT molecular complexity index is 951. The molecule has 0 saturated carbocycles. The van der Waals surface area contributed by atoms with Gasteiger partial charge in [-0.05, 0) is 30.7 Å². The van der Waals surface area contributed by atoms with Gasteiger partial charge in [0, 0.05) is 42.2 Å². The van der Waals surface area contributed by atoms with Crippen molar-refractivity contribution in [3.63, 3.8) is 0 Å². The van der Waals surface area contributed by atoms with Crippen LogP contribution in [0.4, 0.5) is 4.39 Å². The van der Waals surface area contributed by atoms with E-state index in [1.54, 1.807) is 18.3 Å². The topological polar surface area (TPSA) is 54.0 Å². The monoisotopic (exact) mass is 349 g/mol. The summed E-state index contributed by atoms with van der Waals surface area (Å²) < 4.78 is 13.2. The molecule has 2 aromatic carbocycles. The number of fused-ring (bicyclic) bond motifs is 1. The van der Waals surface area contributed by atoms with Crippen LogP contribution in [-0.2, 0) is 0 Å². The van der Waals surface area contributed by atoms with Crippen LogP contribution in [0.1, 0.15) is 17.3 Å². The predicted molar refractivity (Wildman–Crippen MR) is 100 cm³/mol. The lowest BCUT2D eigenvalue weighted by Crippen LogP contribution is -2.53. The van der Waals surface area contributed by atoms with Crippen LogP contribution in [0.2, 0.25) is 0 Å². The third-order valence-electron chi connectivity index (χ3n) is 5.01. The van der Waals surface area contributed by atoms with E-state index in [0.29, 0.717) is 11.5 Å². The van der Waals surface area contributed by atoms with Crippen molar-refractivity contribution < 1.29 is 9.18 Å². The summed E-state index contributed by atoms with van der Waals surface area (Å²) in [6.45, 7) is 3.92. The largest absolute Gasteiger partial charge is 0.349 e. The van der Waals surface area contributed by atoms with Gasteiger partial charge in [-0.1, -0.05) is 30.3 Å². The lowest BCUT2D eigenvalue weighted by atomic mass is 9.95. The van der Waals surface area contributed by atoms with Gasteiger partial charge in [-0.3, -0.25) is 9.78 Å². The normalized spacial score (nSPS) is 15.5. The molecule has 1 saturated heterocycles.